The standard InChI is InChI=1S/C22H21N5O2.CH4.H2S/c1-13-12-27(3)21(28)22(13,29)10-9-15-5-4-6-16(11-15)17-7-8-18-19(26-17)20(23)25-14(2)24-18;;/h4-8,11,13,29H,12H2,1-3H3,(H2,23,24,25);1H4;1H2/t13-,22+;;/m0../s1. The number of likely N-dealkylation sites (tertiary alicyclic amines) is 1. The molecule has 0 spiro atoms. The van der Waals surface area contributed by atoms with Crippen LogP contribution in [0.4, 0.5) is 5.82 Å². The number of nitrogens with two attached hydrogens (primary N) is 1. The summed E-state index contributed by atoms with van der Waals surface area (Å²) in [7, 11) is 1.67. The van der Waals surface area contributed by atoms with E-state index in [4.69, 9.17) is 5.73 Å². The first-order valence-electron chi connectivity index (χ1n) is 9.30. The zero-order valence-corrected chi connectivity index (χ0v) is 18.0. The lowest BCUT2D eigenvalue weighted by Gasteiger charge is -2.17. The van der Waals surface area contributed by atoms with Gasteiger partial charge in [-0.05, 0) is 31.2 Å². The molecule has 1 aromatic carbocycles. The van der Waals surface area contributed by atoms with E-state index in [1.54, 1.807) is 14.0 Å². The number of nitrogen functional groups attached to an aromatic ring is 1. The van der Waals surface area contributed by atoms with Gasteiger partial charge in [-0.25, -0.2) is 15.0 Å². The third-order valence-corrected chi connectivity index (χ3v) is 5.17. The van der Waals surface area contributed by atoms with E-state index in [1.165, 1.54) is 4.90 Å². The van der Waals surface area contributed by atoms with Crippen LogP contribution in [0, 0.1) is 24.7 Å². The molecule has 162 valence electrons. The van der Waals surface area contributed by atoms with Gasteiger partial charge in [-0.15, -0.1) is 0 Å². The first-order chi connectivity index (χ1) is 13.8. The molecule has 2 atom stereocenters. The predicted molar refractivity (Wildman–Crippen MR) is 128 cm³/mol. The van der Waals surface area contributed by atoms with E-state index in [2.05, 4.69) is 26.8 Å². The summed E-state index contributed by atoms with van der Waals surface area (Å²) < 4.78 is 0. The lowest BCUT2D eigenvalue weighted by Crippen LogP contribution is -2.40. The van der Waals surface area contributed by atoms with Crippen LogP contribution in [0.15, 0.2) is 36.4 Å². The van der Waals surface area contributed by atoms with Crippen LogP contribution in [0.25, 0.3) is 22.3 Å². The van der Waals surface area contributed by atoms with Crippen LogP contribution in [0.2, 0.25) is 0 Å². The van der Waals surface area contributed by atoms with Crippen molar-refractivity contribution in [3.8, 4) is 23.1 Å². The Morgan fingerprint density at radius 1 is 1.23 bits per heavy atom. The Morgan fingerprint density at radius 3 is 2.65 bits per heavy atom. The van der Waals surface area contributed by atoms with Gasteiger partial charge in [0.2, 0.25) is 5.60 Å². The quantitative estimate of drug-likeness (QED) is 0.567. The molecule has 31 heavy (non-hydrogen) atoms. The lowest BCUT2D eigenvalue weighted by atomic mass is 9.92. The number of fused-ring (bicyclic) bond motifs is 1. The van der Waals surface area contributed by atoms with Crippen molar-refractivity contribution in [3.63, 3.8) is 0 Å². The van der Waals surface area contributed by atoms with Gasteiger partial charge in [0.05, 0.1) is 11.2 Å². The third kappa shape index (κ3) is 4.33. The average Bonchev–Trinajstić information content (AvgIpc) is 2.89. The van der Waals surface area contributed by atoms with Crippen LogP contribution in [-0.4, -0.2) is 50.1 Å². The van der Waals surface area contributed by atoms with Crippen molar-refractivity contribution in [1.82, 2.24) is 19.9 Å². The summed E-state index contributed by atoms with van der Waals surface area (Å²) in [5.41, 5.74) is 7.82. The maximum absolute atomic E-state index is 12.3. The Labute approximate surface area is 189 Å². The number of carbonyl (C=O) groups excluding carboxylic acids is 1. The smallest absolute Gasteiger partial charge is 0.267 e. The molecule has 0 aliphatic carbocycles. The fourth-order valence-electron chi connectivity index (χ4n) is 3.55. The van der Waals surface area contributed by atoms with E-state index in [0.29, 0.717) is 40.5 Å². The summed E-state index contributed by atoms with van der Waals surface area (Å²) in [4.78, 5) is 26.9. The van der Waals surface area contributed by atoms with Crippen molar-refractivity contribution in [3.05, 3.63) is 47.8 Å². The number of pyridine rings is 1. The molecule has 1 fully saturated rings. The molecule has 0 saturated carbocycles. The number of likely N-dealkylation sites (N-methyl/N-ethyl adjacent to an activating group) is 1. The summed E-state index contributed by atoms with van der Waals surface area (Å²) in [5.74, 6) is 6.04. The fraction of sp³-hybridized carbons (Fsp3) is 0.304. The van der Waals surface area contributed by atoms with Crippen LogP contribution in [-0.2, 0) is 4.79 Å². The monoisotopic (exact) mass is 437 g/mol. The second-order valence-corrected chi connectivity index (χ2v) is 7.40. The van der Waals surface area contributed by atoms with Gasteiger partial charge >= 0.3 is 0 Å². The van der Waals surface area contributed by atoms with Crippen molar-refractivity contribution in [1.29, 1.82) is 0 Å². The van der Waals surface area contributed by atoms with Crippen molar-refractivity contribution in [2.45, 2.75) is 26.9 Å². The second kappa shape index (κ2) is 8.92. The predicted octanol–water partition coefficient (Wildman–Crippen LogP) is 2.52. The van der Waals surface area contributed by atoms with E-state index >= 15 is 0 Å². The first kappa shape index (κ1) is 24.1. The van der Waals surface area contributed by atoms with E-state index in [9.17, 15) is 9.90 Å². The zero-order chi connectivity index (χ0) is 20.8. The number of carbonyl (C=O) groups is 1. The van der Waals surface area contributed by atoms with Gasteiger partial charge in [0, 0.05) is 30.6 Å². The van der Waals surface area contributed by atoms with Gasteiger partial charge in [0.1, 0.15) is 11.3 Å². The highest BCUT2D eigenvalue weighted by atomic mass is 32.1. The largest absolute Gasteiger partial charge is 0.382 e. The number of amides is 1. The Morgan fingerprint density at radius 2 is 1.97 bits per heavy atom. The van der Waals surface area contributed by atoms with Crippen LogP contribution in [0.1, 0.15) is 25.7 Å². The van der Waals surface area contributed by atoms with Crippen LogP contribution in [0.3, 0.4) is 0 Å². The minimum Gasteiger partial charge on any atom is -0.382 e. The molecule has 7 nitrogen and oxygen atoms in total. The topological polar surface area (TPSA) is 105 Å². The number of benzene rings is 1. The summed E-state index contributed by atoms with van der Waals surface area (Å²) in [6.45, 7) is 4.08. The number of hydrogen-bond donors (Lipinski definition) is 2. The Kier molecular flexibility index (Phi) is 6.94. The number of nitrogens with zero attached hydrogens (tertiary/aromatic N) is 4. The van der Waals surface area contributed by atoms with Gasteiger partial charge < -0.3 is 15.7 Å². The van der Waals surface area contributed by atoms with Gasteiger partial charge in [0.25, 0.3) is 5.91 Å². The average molecular weight is 438 g/mol. The molecule has 1 saturated heterocycles. The summed E-state index contributed by atoms with van der Waals surface area (Å²) in [6.07, 6.45) is 0. The minimum atomic E-state index is -1.66. The van der Waals surface area contributed by atoms with Gasteiger partial charge in [-0.1, -0.05) is 38.3 Å². The normalized spacial score (nSPS) is 19.9. The molecular formula is C23H27N5O2S. The summed E-state index contributed by atoms with van der Waals surface area (Å²) in [6, 6.07) is 11.2. The lowest BCUT2D eigenvalue weighted by molar-refractivity contribution is -0.138. The van der Waals surface area contributed by atoms with Crippen LogP contribution < -0.4 is 5.73 Å². The second-order valence-electron chi connectivity index (χ2n) is 7.40. The highest BCUT2D eigenvalue weighted by molar-refractivity contribution is 7.59. The molecule has 0 unspecified atom stereocenters. The van der Waals surface area contributed by atoms with Crippen molar-refractivity contribution < 1.29 is 9.90 Å². The SMILES string of the molecule is C.Cc1nc(N)c2nc(-c3cccc(C#C[C@]4(O)C(=O)N(C)C[C@@H]4C)c3)ccc2n1.S. The molecule has 0 radical (unpaired) electrons. The Hall–Kier alpha value is -3.15. The maximum Gasteiger partial charge on any atom is 0.267 e. The van der Waals surface area contributed by atoms with Crippen LogP contribution >= 0.6 is 13.5 Å². The summed E-state index contributed by atoms with van der Waals surface area (Å²) >= 11 is 0. The highest BCUT2D eigenvalue weighted by Gasteiger charge is 2.48. The minimum absolute atomic E-state index is 0. The van der Waals surface area contributed by atoms with Crippen molar-refractivity contribution in [2.75, 3.05) is 19.3 Å². The third-order valence-electron chi connectivity index (χ3n) is 5.17. The van der Waals surface area contributed by atoms with E-state index < -0.39 is 5.60 Å². The Balaban J connectivity index is 0.00000171. The summed E-state index contributed by atoms with van der Waals surface area (Å²) in [5, 5.41) is 10.7. The molecule has 8 heteroatoms. The van der Waals surface area contributed by atoms with E-state index in [0.717, 1.165) is 5.56 Å². The molecule has 3 aromatic rings. The Bertz CT molecular complexity index is 1200. The highest BCUT2D eigenvalue weighted by Crippen LogP contribution is 2.28. The van der Waals surface area contributed by atoms with Gasteiger partial charge in [-0.3, -0.25) is 4.79 Å². The van der Waals surface area contributed by atoms with E-state index in [-0.39, 0.29) is 32.7 Å². The van der Waals surface area contributed by atoms with E-state index in [1.807, 2.05) is 43.3 Å². The number of aromatic nitrogens is 3. The number of rotatable bonds is 1. The fourth-order valence-corrected chi connectivity index (χ4v) is 3.55. The number of hydrogen-bond acceptors (Lipinski definition) is 6. The van der Waals surface area contributed by atoms with Gasteiger partial charge in [-0.2, -0.15) is 13.5 Å². The van der Waals surface area contributed by atoms with Crippen molar-refractivity contribution in [2.24, 2.45) is 5.92 Å². The molecule has 1 aliphatic heterocycles. The molecular weight excluding hydrogens is 410 g/mol. The molecule has 3 heterocycles. The van der Waals surface area contributed by atoms with Crippen molar-refractivity contribution >= 4 is 36.3 Å². The molecule has 1 amide bonds. The van der Waals surface area contributed by atoms with Gasteiger partial charge in [0.15, 0.2) is 5.82 Å². The molecule has 0 bridgehead atoms. The molecule has 3 N–H and O–H groups in total. The molecule has 4 rings (SSSR count). The molecule has 2 aromatic heterocycles. The maximum atomic E-state index is 12.3. The van der Waals surface area contributed by atoms with Crippen LogP contribution in [0.5, 0.6) is 0 Å². The first-order valence-corrected chi connectivity index (χ1v) is 9.30. The number of anilines is 1. The number of aryl methyl sites for hydroxylation is 1. The molecule has 1 aliphatic rings. The zero-order valence-electron chi connectivity index (χ0n) is 17.0. The number of aliphatic hydroxyl groups is 1.